The van der Waals surface area contributed by atoms with Gasteiger partial charge in [0.1, 0.15) is 0 Å². The van der Waals surface area contributed by atoms with Crippen molar-refractivity contribution in [2.24, 2.45) is 11.8 Å². The standard InChI is InChI=1S/C21H43NO3/c1-6-7-8-9-13-20(17-21(23-3,24-4)25-5)14-11-16-22-15-10-12-19(2)18-22/h19-20H,6-18H2,1-5H3. The Bertz CT molecular complexity index is 312. The second-order valence-electron chi connectivity index (χ2n) is 7.91. The third-order valence-corrected chi connectivity index (χ3v) is 5.77. The molecule has 4 heteroatoms. The lowest BCUT2D eigenvalue weighted by Crippen LogP contribution is -2.38. The molecule has 150 valence electrons. The van der Waals surface area contributed by atoms with Gasteiger partial charge >= 0.3 is 0 Å². The molecule has 2 unspecified atom stereocenters. The molecule has 1 fully saturated rings. The molecule has 0 spiro atoms. The molecular weight excluding hydrogens is 314 g/mol. The molecule has 25 heavy (non-hydrogen) atoms. The van der Waals surface area contributed by atoms with Crippen molar-refractivity contribution in [1.82, 2.24) is 4.90 Å². The Kier molecular flexibility index (Phi) is 12.0. The molecule has 0 aliphatic carbocycles. The molecule has 0 radical (unpaired) electrons. The number of nitrogens with zero attached hydrogens (tertiary/aromatic N) is 1. The third kappa shape index (κ3) is 8.85. The Morgan fingerprint density at radius 2 is 1.68 bits per heavy atom. The summed E-state index contributed by atoms with van der Waals surface area (Å²) in [7, 11) is 5.03. The summed E-state index contributed by atoms with van der Waals surface area (Å²) in [5, 5.41) is 0. The topological polar surface area (TPSA) is 30.9 Å². The van der Waals surface area contributed by atoms with Crippen molar-refractivity contribution < 1.29 is 14.2 Å². The highest BCUT2D eigenvalue weighted by Gasteiger charge is 2.33. The minimum atomic E-state index is -0.880. The zero-order chi connectivity index (χ0) is 18.5. The lowest BCUT2D eigenvalue weighted by atomic mass is 9.91. The number of hydrogen-bond donors (Lipinski definition) is 0. The van der Waals surface area contributed by atoms with Crippen LogP contribution in [0.15, 0.2) is 0 Å². The average molecular weight is 358 g/mol. The summed E-state index contributed by atoms with van der Waals surface area (Å²) >= 11 is 0. The van der Waals surface area contributed by atoms with Gasteiger partial charge in [-0.15, -0.1) is 0 Å². The van der Waals surface area contributed by atoms with Gasteiger partial charge in [-0.3, -0.25) is 0 Å². The molecule has 0 bridgehead atoms. The number of ether oxygens (including phenoxy) is 3. The summed E-state index contributed by atoms with van der Waals surface area (Å²) in [6, 6.07) is 0. The van der Waals surface area contributed by atoms with Gasteiger partial charge in [0.05, 0.1) is 0 Å². The second kappa shape index (κ2) is 13.1. The Hall–Kier alpha value is -0.160. The predicted molar refractivity (Wildman–Crippen MR) is 105 cm³/mol. The molecule has 4 nitrogen and oxygen atoms in total. The van der Waals surface area contributed by atoms with Crippen LogP contribution >= 0.6 is 0 Å². The summed E-state index contributed by atoms with van der Waals surface area (Å²) in [4.78, 5) is 2.65. The van der Waals surface area contributed by atoms with Crippen LogP contribution in [0, 0.1) is 11.8 Å². The highest BCUT2D eigenvalue weighted by Crippen LogP contribution is 2.29. The maximum atomic E-state index is 5.55. The fraction of sp³-hybridized carbons (Fsp3) is 1.00. The number of methoxy groups -OCH3 is 3. The summed E-state index contributed by atoms with van der Waals surface area (Å²) in [5.41, 5.74) is 0. The molecule has 0 aromatic carbocycles. The molecule has 1 saturated heterocycles. The van der Waals surface area contributed by atoms with Crippen LogP contribution in [0.3, 0.4) is 0 Å². The Labute approximate surface area is 156 Å². The Balaban J connectivity index is 2.45. The minimum Gasteiger partial charge on any atom is -0.331 e. The van der Waals surface area contributed by atoms with Crippen LogP contribution in [0.1, 0.15) is 78.1 Å². The zero-order valence-electron chi connectivity index (χ0n) is 17.5. The van der Waals surface area contributed by atoms with Crippen molar-refractivity contribution in [2.45, 2.75) is 84.0 Å². The van der Waals surface area contributed by atoms with E-state index in [9.17, 15) is 0 Å². The Morgan fingerprint density at radius 1 is 1.00 bits per heavy atom. The first kappa shape index (κ1) is 22.9. The van der Waals surface area contributed by atoms with Crippen LogP contribution in [-0.2, 0) is 14.2 Å². The molecule has 1 rings (SSSR count). The summed E-state index contributed by atoms with van der Waals surface area (Å²) in [6.45, 7) is 8.44. The fourth-order valence-corrected chi connectivity index (χ4v) is 4.16. The third-order valence-electron chi connectivity index (χ3n) is 5.77. The van der Waals surface area contributed by atoms with Gasteiger partial charge in [0.2, 0.25) is 0 Å². The van der Waals surface area contributed by atoms with Crippen molar-refractivity contribution in [3.63, 3.8) is 0 Å². The largest absolute Gasteiger partial charge is 0.331 e. The molecule has 2 atom stereocenters. The number of rotatable bonds is 14. The van der Waals surface area contributed by atoms with Gasteiger partial charge in [0, 0.05) is 34.3 Å². The lowest BCUT2D eigenvalue weighted by molar-refractivity contribution is -0.359. The first-order valence-corrected chi connectivity index (χ1v) is 10.5. The van der Waals surface area contributed by atoms with Gasteiger partial charge in [-0.25, -0.2) is 0 Å². The maximum Gasteiger partial charge on any atom is 0.282 e. The van der Waals surface area contributed by atoms with Crippen molar-refractivity contribution in [3.05, 3.63) is 0 Å². The quantitative estimate of drug-likeness (QED) is 0.321. The van der Waals surface area contributed by atoms with E-state index < -0.39 is 5.97 Å². The number of unbranched alkanes of at least 4 members (excludes halogenated alkanes) is 3. The van der Waals surface area contributed by atoms with E-state index in [0.29, 0.717) is 5.92 Å². The summed E-state index contributed by atoms with van der Waals surface area (Å²) < 4.78 is 16.6. The van der Waals surface area contributed by atoms with Crippen molar-refractivity contribution in [3.8, 4) is 0 Å². The second-order valence-corrected chi connectivity index (χ2v) is 7.91. The Morgan fingerprint density at radius 3 is 2.28 bits per heavy atom. The van der Waals surface area contributed by atoms with Gasteiger partial charge in [-0.2, -0.15) is 0 Å². The van der Waals surface area contributed by atoms with Crippen LogP contribution in [0.4, 0.5) is 0 Å². The monoisotopic (exact) mass is 357 g/mol. The van der Waals surface area contributed by atoms with Crippen LogP contribution < -0.4 is 0 Å². The van der Waals surface area contributed by atoms with E-state index in [-0.39, 0.29) is 0 Å². The first-order valence-electron chi connectivity index (χ1n) is 10.5. The van der Waals surface area contributed by atoms with E-state index in [4.69, 9.17) is 14.2 Å². The van der Waals surface area contributed by atoms with E-state index >= 15 is 0 Å². The van der Waals surface area contributed by atoms with Gasteiger partial charge in [0.25, 0.3) is 5.97 Å². The van der Waals surface area contributed by atoms with Crippen molar-refractivity contribution in [1.29, 1.82) is 0 Å². The van der Waals surface area contributed by atoms with Gasteiger partial charge in [0.15, 0.2) is 0 Å². The highest BCUT2D eigenvalue weighted by atomic mass is 16.9. The van der Waals surface area contributed by atoms with E-state index in [1.165, 1.54) is 77.4 Å². The van der Waals surface area contributed by atoms with Crippen LogP contribution in [0.5, 0.6) is 0 Å². The normalized spacial score (nSPS) is 20.8. The van der Waals surface area contributed by atoms with E-state index in [1.54, 1.807) is 21.3 Å². The van der Waals surface area contributed by atoms with Gasteiger partial charge in [-0.05, 0) is 50.6 Å². The fourth-order valence-electron chi connectivity index (χ4n) is 4.16. The lowest BCUT2D eigenvalue weighted by Gasteiger charge is -2.33. The zero-order valence-corrected chi connectivity index (χ0v) is 17.5. The minimum absolute atomic E-state index is 0.596. The molecule has 1 aliphatic heterocycles. The molecular formula is C21H43NO3. The maximum absolute atomic E-state index is 5.55. The van der Waals surface area contributed by atoms with Gasteiger partial charge < -0.3 is 19.1 Å². The van der Waals surface area contributed by atoms with E-state index in [2.05, 4.69) is 18.7 Å². The molecule has 1 heterocycles. The predicted octanol–water partition coefficient (Wildman–Crippen LogP) is 5.07. The summed E-state index contributed by atoms with van der Waals surface area (Å²) in [5.74, 6) is 0.579. The van der Waals surface area contributed by atoms with Crippen molar-refractivity contribution >= 4 is 0 Å². The molecule has 0 aromatic rings. The van der Waals surface area contributed by atoms with E-state index in [0.717, 1.165) is 12.3 Å². The van der Waals surface area contributed by atoms with Crippen molar-refractivity contribution in [2.75, 3.05) is 41.0 Å². The van der Waals surface area contributed by atoms with Crippen LogP contribution in [0.2, 0.25) is 0 Å². The van der Waals surface area contributed by atoms with E-state index in [1.807, 2.05) is 0 Å². The molecule has 0 saturated carbocycles. The average Bonchev–Trinajstić information content (AvgIpc) is 2.63. The SMILES string of the molecule is CCCCCCC(CCCN1CCCC(C)C1)CC(OC)(OC)OC. The molecule has 0 aromatic heterocycles. The van der Waals surface area contributed by atoms with Crippen LogP contribution in [-0.4, -0.2) is 51.8 Å². The highest BCUT2D eigenvalue weighted by molar-refractivity contribution is 4.72. The van der Waals surface area contributed by atoms with Gasteiger partial charge in [-0.1, -0.05) is 46.0 Å². The first-order chi connectivity index (χ1) is 12.1. The smallest absolute Gasteiger partial charge is 0.282 e. The molecule has 0 amide bonds. The molecule has 0 N–H and O–H groups in total. The number of hydrogen-bond acceptors (Lipinski definition) is 4. The summed E-state index contributed by atoms with van der Waals surface area (Å²) in [6.07, 6.45) is 12.6. The van der Waals surface area contributed by atoms with Crippen LogP contribution in [0.25, 0.3) is 0 Å². The number of likely N-dealkylation sites (tertiary alicyclic amines) is 1. The number of piperidine rings is 1. The molecule has 1 aliphatic rings.